The summed E-state index contributed by atoms with van der Waals surface area (Å²) in [6.45, 7) is 0.941. The summed E-state index contributed by atoms with van der Waals surface area (Å²) >= 11 is 0. The molecule has 0 saturated heterocycles. The van der Waals surface area contributed by atoms with Crippen LogP contribution in [-0.2, 0) is 13.1 Å². The topological polar surface area (TPSA) is 34.5 Å². The summed E-state index contributed by atoms with van der Waals surface area (Å²) < 4.78 is 20.7. The van der Waals surface area contributed by atoms with Crippen molar-refractivity contribution in [2.24, 2.45) is 0 Å². The summed E-state index contributed by atoms with van der Waals surface area (Å²) in [5, 5.41) is 0. The molecule has 0 radical (unpaired) electrons. The first-order valence-electron chi connectivity index (χ1n) is 8.35. The van der Waals surface area contributed by atoms with Gasteiger partial charge in [0.25, 0.3) is 5.91 Å². The Hall–Kier alpha value is -3.08. The van der Waals surface area contributed by atoms with E-state index in [-0.39, 0.29) is 11.7 Å². The van der Waals surface area contributed by atoms with E-state index >= 15 is 0 Å². The van der Waals surface area contributed by atoms with Gasteiger partial charge >= 0.3 is 0 Å². The molecule has 1 heterocycles. The summed E-state index contributed by atoms with van der Waals surface area (Å²) in [7, 11) is 3.14. The van der Waals surface area contributed by atoms with Crippen LogP contribution in [0, 0.1) is 5.82 Å². The average molecular weight is 352 g/mol. The maximum absolute atomic E-state index is 13.8. The maximum Gasteiger partial charge on any atom is 0.270 e. The Morgan fingerprint density at radius 1 is 1.08 bits per heavy atom. The fourth-order valence-corrected chi connectivity index (χ4v) is 2.88. The number of nitrogens with zero attached hydrogens (tertiary/aromatic N) is 2. The molecule has 0 spiro atoms. The highest BCUT2D eigenvalue weighted by atomic mass is 19.1. The number of hydrogen-bond donors (Lipinski definition) is 0. The second-order valence-corrected chi connectivity index (χ2v) is 6.14. The molecule has 2 aromatic carbocycles. The molecule has 3 rings (SSSR count). The summed E-state index contributed by atoms with van der Waals surface area (Å²) in [5.74, 6) is -0.347. The van der Waals surface area contributed by atoms with E-state index in [0.29, 0.717) is 24.3 Å². The molecule has 0 bridgehead atoms. The van der Waals surface area contributed by atoms with Crippen LogP contribution >= 0.6 is 0 Å². The van der Waals surface area contributed by atoms with E-state index in [9.17, 15) is 9.18 Å². The monoisotopic (exact) mass is 352 g/mol. The predicted octanol–water partition coefficient (Wildman–Crippen LogP) is 3.96. The van der Waals surface area contributed by atoms with Gasteiger partial charge in [-0.2, -0.15) is 0 Å². The summed E-state index contributed by atoms with van der Waals surface area (Å²) in [6.07, 6.45) is 1.89. The van der Waals surface area contributed by atoms with Crippen LogP contribution in [0.2, 0.25) is 0 Å². The third kappa shape index (κ3) is 3.94. The van der Waals surface area contributed by atoms with Gasteiger partial charge in [0.05, 0.1) is 7.11 Å². The van der Waals surface area contributed by atoms with E-state index in [2.05, 4.69) is 0 Å². The van der Waals surface area contributed by atoms with Crippen LogP contribution in [-0.4, -0.2) is 29.5 Å². The largest absolute Gasteiger partial charge is 0.494 e. The molecule has 0 aliphatic rings. The molecule has 0 aliphatic carbocycles. The normalized spacial score (nSPS) is 10.6. The van der Waals surface area contributed by atoms with Crippen LogP contribution in [0.4, 0.5) is 4.39 Å². The van der Waals surface area contributed by atoms with Crippen molar-refractivity contribution in [2.75, 3.05) is 14.2 Å². The minimum Gasteiger partial charge on any atom is -0.494 e. The number of carbonyl (C=O) groups is 1. The fraction of sp³-hybridized carbons (Fsp3) is 0.190. The highest BCUT2D eigenvalue weighted by molar-refractivity contribution is 5.92. The summed E-state index contributed by atoms with van der Waals surface area (Å²) in [5.41, 5.74) is 2.43. The zero-order valence-electron chi connectivity index (χ0n) is 14.9. The smallest absolute Gasteiger partial charge is 0.270 e. The number of rotatable bonds is 6. The van der Waals surface area contributed by atoms with E-state index in [1.165, 1.54) is 13.2 Å². The van der Waals surface area contributed by atoms with Crippen LogP contribution in [0.1, 0.15) is 21.6 Å². The Morgan fingerprint density at radius 3 is 2.54 bits per heavy atom. The Morgan fingerprint density at radius 2 is 1.85 bits per heavy atom. The molecule has 5 heteroatoms. The molecule has 4 nitrogen and oxygen atoms in total. The lowest BCUT2D eigenvalue weighted by molar-refractivity contribution is 0.0774. The van der Waals surface area contributed by atoms with Gasteiger partial charge in [0.2, 0.25) is 0 Å². The lowest BCUT2D eigenvalue weighted by Crippen LogP contribution is -2.28. The molecule has 0 saturated carbocycles. The minimum absolute atomic E-state index is 0.109. The number of carbonyl (C=O) groups excluding carboxylic acids is 1. The zero-order chi connectivity index (χ0) is 18.5. The van der Waals surface area contributed by atoms with Gasteiger partial charge in [0, 0.05) is 26.3 Å². The molecular formula is C21H21FN2O2. The molecule has 0 atom stereocenters. The van der Waals surface area contributed by atoms with Crippen LogP contribution in [0.5, 0.6) is 5.75 Å². The molecule has 3 aromatic rings. The first-order valence-corrected chi connectivity index (χ1v) is 8.35. The van der Waals surface area contributed by atoms with E-state index < -0.39 is 5.82 Å². The number of aromatic nitrogens is 1. The molecule has 134 valence electrons. The van der Waals surface area contributed by atoms with Gasteiger partial charge in [0.1, 0.15) is 5.69 Å². The van der Waals surface area contributed by atoms with E-state index in [1.807, 2.05) is 47.2 Å². The second kappa shape index (κ2) is 7.87. The molecule has 26 heavy (non-hydrogen) atoms. The Labute approximate surface area is 152 Å². The third-order valence-electron chi connectivity index (χ3n) is 4.23. The van der Waals surface area contributed by atoms with E-state index in [0.717, 1.165) is 5.56 Å². The van der Waals surface area contributed by atoms with Crippen molar-refractivity contribution in [3.05, 3.63) is 89.5 Å². The molecule has 1 aromatic heterocycles. The molecule has 0 aliphatic heterocycles. The van der Waals surface area contributed by atoms with Crippen LogP contribution in [0.25, 0.3) is 0 Å². The van der Waals surface area contributed by atoms with Crippen molar-refractivity contribution in [3.8, 4) is 5.75 Å². The van der Waals surface area contributed by atoms with Crippen molar-refractivity contribution in [2.45, 2.75) is 13.1 Å². The lowest BCUT2D eigenvalue weighted by atomic mass is 10.2. The highest BCUT2D eigenvalue weighted by Crippen LogP contribution is 2.19. The van der Waals surface area contributed by atoms with Gasteiger partial charge in [-0.05, 0) is 35.4 Å². The van der Waals surface area contributed by atoms with E-state index in [1.54, 1.807) is 30.1 Å². The van der Waals surface area contributed by atoms with Crippen molar-refractivity contribution in [3.63, 3.8) is 0 Å². The standard InChI is InChI=1S/C21H21FN2O2/c1-23(14-17-10-11-20(26-2)18(22)13-17)21(25)19-9-6-12-24(19)15-16-7-4-3-5-8-16/h3-13H,14-15H2,1-2H3. The first kappa shape index (κ1) is 17.7. The number of methoxy groups -OCH3 is 1. The highest BCUT2D eigenvalue weighted by Gasteiger charge is 2.16. The van der Waals surface area contributed by atoms with E-state index in [4.69, 9.17) is 4.74 Å². The molecule has 0 unspecified atom stereocenters. The van der Waals surface area contributed by atoms with Crippen LogP contribution in [0.15, 0.2) is 66.9 Å². The number of benzene rings is 2. The van der Waals surface area contributed by atoms with Gasteiger partial charge < -0.3 is 14.2 Å². The second-order valence-electron chi connectivity index (χ2n) is 6.14. The van der Waals surface area contributed by atoms with Crippen LogP contribution < -0.4 is 4.74 Å². The van der Waals surface area contributed by atoms with Crippen molar-refractivity contribution in [1.29, 1.82) is 0 Å². The lowest BCUT2D eigenvalue weighted by Gasteiger charge is -2.19. The van der Waals surface area contributed by atoms with Crippen molar-refractivity contribution >= 4 is 5.91 Å². The maximum atomic E-state index is 13.8. The van der Waals surface area contributed by atoms with Gasteiger partial charge in [-0.1, -0.05) is 36.4 Å². The minimum atomic E-state index is -0.432. The number of amides is 1. The van der Waals surface area contributed by atoms with Gasteiger partial charge in [0.15, 0.2) is 11.6 Å². The van der Waals surface area contributed by atoms with Crippen molar-refractivity contribution in [1.82, 2.24) is 9.47 Å². The Kier molecular flexibility index (Phi) is 5.37. The molecule has 1 amide bonds. The first-order chi connectivity index (χ1) is 12.6. The van der Waals surface area contributed by atoms with Gasteiger partial charge in [-0.25, -0.2) is 4.39 Å². The summed E-state index contributed by atoms with van der Waals surface area (Å²) in [6, 6.07) is 18.4. The SMILES string of the molecule is COc1ccc(CN(C)C(=O)c2cccn2Cc2ccccc2)cc1F. The summed E-state index contributed by atoms with van der Waals surface area (Å²) in [4.78, 5) is 14.4. The molecular weight excluding hydrogens is 331 g/mol. The fourth-order valence-electron chi connectivity index (χ4n) is 2.88. The Balaban J connectivity index is 1.73. The Bertz CT molecular complexity index is 890. The number of ether oxygens (including phenoxy) is 1. The quantitative estimate of drug-likeness (QED) is 0.673. The molecule has 0 fully saturated rings. The van der Waals surface area contributed by atoms with Crippen molar-refractivity contribution < 1.29 is 13.9 Å². The predicted molar refractivity (Wildman–Crippen MR) is 98.7 cm³/mol. The van der Waals surface area contributed by atoms with Gasteiger partial charge in [-0.3, -0.25) is 4.79 Å². The number of halogens is 1. The zero-order valence-corrected chi connectivity index (χ0v) is 14.9. The third-order valence-corrected chi connectivity index (χ3v) is 4.23. The van der Waals surface area contributed by atoms with Gasteiger partial charge in [-0.15, -0.1) is 0 Å². The van der Waals surface area contributed by atoms with Crippen LogP contribution in [0.3, 0.4) is 0 Å². The average Bonchev–Trinajstić information content (AvgIpc) is 3.10. The number of hydrogen-bond acceptors (Lipinski definition) is 2. The molecule has 0 N–H and O–H groups in total.